The maximum absolute atomic E-state index is 13.6. The standard InChI is InChI=1S/C9H16FN3O2/c10-7-4-6(5-14)12-8(7)13-3-1-2-11-9(13)15/h6-8,12,14H,1-5H2,(H,11,15)/t6-,7?,8?/m0/s1. The number of rotatable bonds is 2. The highest BCUT2D eigenvalue weighted by Gasteiger charge is 2.39. The lowest BCUT2D eigenvalue weighted by Gasteiger charge is -2.33. The van der Waals surface area contributed by atoms with Gasteiger partial charge in [0.05, 0.1) is 6.61 Å². The van der Waals surface area contributed by atoms with Gasteiger partial charge in [-0.25, -0.2) is 9.18 Å². The minimum atomic E-state index is -1.09. The van der Waals surface area contributed by atoms with Crippen LogP contribution in [0, 0.1) is 0 Å². The van der Waals surface area contributed by atoms with Gasteiger partial charge in [0, 0.05) is 19.1 Å². The number of alkyl halides is 1. The van der Waals surface area contributed by atoms with E-state index >= 15 is 0 Å². The number of halogens is 1. The first-order valence-corrected chi connectivity index (χ1v) is 5.28. The maximum Gasteiger partial charge on any atom is 0.318 e. The number of hydrogen-bond acceptors (Lipinski definition) is 3. The lowest BCUT2D eigenvalue weighted by molar-refractivity contribution is 0.117. The Morgan fingerprint density at radius 3 is 3.00 bits per heavy atom. The van der Waals surface area contributed by atoms with Gasteiger partial charge < -0.3 is 15.3 Å². The highest BCUT2D eigenvalue weighted by Crippen LogP contribution is 2.21. The summed E-state index contributed by atoms with van der Waals surface area (Å²) < 4.78 is 13.6. The highest BCUT2D eigenvalue weighted by molar-refractivity contribution is 5.75. The molecule has 86 valence electrons. The third-order valence-electron chi connectivity index (χ3n) is 2.93. The van der Waals surface area contributed by atoms with Gasteiger partial charge in [0.2, 0.25) is 0 Å². The number of amides is 2. The SMILES string of the molecule is O=C1NCCCN1C1N[C@H](CO)CC1F. The topological polar surface area (TPSA) is 64.6 Å². The van der Waals surface area contributed by atoms with E-state index in [2.05, 4.69) is 10.6 Å². The lowest BCUT2D eigenvalue weighted by Crippen LogP contribution is -2.57. The van der Waals surface area contributed by atoms with Gasteiger partial charge in [-0.3, -0.25) is 5.32 Å². The van der Waals surface area contributed by atoms with E-state index in [-0.39, 0.29) is 25.1 Å². The van der Waals surface area contributed by atoms with Crippen LogP contribution in [-0.2, 0) is 0 Å². The molecule has 2 amide bonds. The van der Waals surface area contributed by atoms with E-state index in [1.165, 1.54) is 4.90 Å². The predicted molar refractivity (Wildman–Crippen MR) is 52.0 cm³/mol. The molecule has 0 aromatic rings. The van der Waals surface area contributed by atoms with Crippen LogP contribution >= 0.6 is 0 Å². The van der Waals surface area contributed by atoms with Gasteiger partial charge >= 0.3 is 6.03 Å². The number of urea groups is 1. The summed E-state index contributed by atoms with van der Waals surface area (Å²) in [5, 5.41) is 14.5. The zero-order valence-electron chi connectivity index (χ0n) is 8.45. The molecule has 2 saturated heterocycles. The molecule has 0 spiro atoms. The molecule has 2 rings (SSSR count). The van der Waals surface area contributed by atoms with Gasteiger partial charge in [-0.2, -0.15) is 0 Å². The van der Waals surface area contributed by atoms with Gasteiger partial charge in [-0.1, -0.05) is 0 Å². The molecule has 2 fully saturated rings. The van der Waals surface area contributed by atoms with E-state index in [4.69, 9.17) is 5.11 Å². The Labute approximate surface area is 87.6 Å². The fourth-order valence-corrected chi connectivity index (χ4v) is 2.14. The molecule has 6 heteroatoms. The Morgan fingerprint density at radius 1 is 1.60 bits per heavy atom. The fourth-order valence-electron chi connectivity index (χ4n) is 2.14. The zero-order chi connectivity index (χ0) is 10.8. The summed E-state index contributed by atoms with van der Waals surface area (Å²) in [5.74, 6) is 0. The minimum absolute atomic E-state index is 0.0909. The number of hydrogen-bond donors (Lipinski definition) is 3. The number of carbonyl (C=O) groups excluding carboxylic acids is 1. The average Bonchev–Trinajstić information content (AvgIpc) is 2.60. The van der Waals surface area contributed by atoms with Crippen LogP contribution in [0.2, 0.25) is 0 Å². The molecule has 0 aliphatic carbocycles. The number of nitrogens with one attached hydrogen (secondary N) is 2. The summed E-state index contributed by atoms with van der Waals surface area (Å²) >= 11 is 0. The van der Waals surface area contributed by atoms with E-state index in [1.54, 1.807) is 0 Å². The third kappa shape index (κ3) is 2.05. The van der Waals surface area contributed by atoms with Crippen molar-refractivity contribution in [2.45, 2.75) is 31.2 Å². The van der Waals surface area contributed by atoms with Crippen molar-refractivity contribution < 1.29 is 14.3 Å². The molecule has 0 saturated carbocycles. The number of aliphatic hydroxyl groups excluding tert-OH is 1. The molecule has 2 heterocycles. The second-order valence-electron chi connectivity index (χ2n) is 4.02. The highest BCUT2D eigenvalue weighted by atomic mass is 19.1. The normalized spacial score (nSPS) is 36.8. The van der Waals surface area contributed by atoms with E-state index in [1.807, 2.05) is 0 Å². The Kier molecular flexibility index (Phi) is 3.06. The number of aliphatic hydroxyl groups is 1. The summed E-state index contributed by atoms with van der Waals surface area (Å²) in [4.78, 5) is 12.9. The molecule has 5 nitrogen and oxygen atoms in total. The molecule has 2 unspecified atom stereocenters. The monoisotopic (exact) mass is 217 g/mol. The van der Waals surface area contributed by atoms with Crippen LogP contribution in [0.4, 0.5) is 9.18 Å². The Hall–Kier alpha value is -0.880. The quantitative estimate of drug-likeness (QED) is 0.580. The van der Waals surface area contributed by atoms with Gasteiger partial charge in [0.1, 0.15) is 12.3 Å². The van der Waals surface area contributed by atoms with Gasteiger partial charge in [0.15, 0.2) is 0 Å². The van der Waals surface area contributed by atoms with Crippen LogP contribution in [0.3, 0.4) is 0 Å². The number of carbonyl (C=O) groups is 1. The molecule has 2 aliphatic heterocycles. The molecule has 15 heavy (non-hydrogen) atoms. The third-order valence-corrected chi connectivity index (χ3v) is 2.93. The Bertz CT molecular complexity index is 252. The predicted octanol–water partition coefficient (Wildman–Crippen LogP) is -0.580. The van der Waals surface area contributed by atoms with Gasteiger partial charge in [-0.15, -0.1) is 0 Å². The molecule has 3 atom stereocenters. The minimum Gasteiger partial charge on any atom is -0.395 e. The maximum atomic E-state index is 13.6. The van der Waals surface area contributed by atoms with E-state index in [9.17, 15) is 9.18 Å². The van der Waals surface area contributed by atoms with Crippen molar-refractivity contribution in [3.63, 3.8) is 0 Å². The molecular formula is C9H16FN3O2. The summed E-state index contributed by atoms with van der Waals surface area (Å²) in [6.07, 6.45) is -0.570. The molecular weight excluding hydrogens is 201 g/mol. The van der Waals surface area contributed by atoms with Crippen LogP contribution in [0.5, 0.6) is 0 Å². The summed E-state index contributed by atoms with van der Waals surface area (Å²) in [6, 6.07) is -0.459. The molecule has 0 aromatic carbocycles. The second kappa shape index (κ2) is 4.32. The van der Waals surface area contributed by atoms with Crippen molar-refractivity contribution in [1.82, 2.24) is 15.5 Å². The van der Waals surface area contributed by atoms with Crippen molar-refractivity contribution in [2.24, 2.45) is 0 Å². The van der Waals surface area contributed by atoms with Crippen LogP contribution in [-0.4, -0.2) is 54.1 Å². The molecule has 2 aliphatic rings. The van der Waals surface area contributed by atoms with Crippen LogP contribution < -0.4 is 10.6 Å². The van der Waals surface area contributed by atoms with Crippen molar-refractivity contribution in [1.29, 1.82) is 0 Å². The van der Waals surface area contributed by atoms with Crippen LogP contribution in [0.15, 0.2) is 0 Å². The molecule has 0 bridgehead atoms. The fraction of sp³-hybridized carbons (Fsp3) is 0.889. The van der Waals surface area contributed by atoms with Crippen molar-refractivity contribution in [2.75, 3.05) is 19.7 Å². The van der Waals surface area contributed by atoms with E-state index in [0.29, 0.717) is 13.1 Å². The Morgan fingerprint density at radius 2 is 2.40 bits per heavy atom. The van der Waals surface area contributed by atoms with Crippen LogP contribution in [0.1, 0.15) is 12.8 Å². The summed E-state index contributed by atoms with van der Waals surface area (Å²) in [6.45, 7) is 1.14. The average molecular weight is 217 g/mol. The van der Waals surface area contributed by atoms with E-state index in [0.717, 1.165) is 6.42 Å². The first-order valence-electron chi connectivity index (χ1n) is 5.28. The first kappa shape index (κ1) is 10.6. The van der Waals surface area contributed by atoms with Crippen molar-refractivity contribution in [3.05, 3.63) is 0 Å². The Balaban J connectivity index is 2.00. The van der Waals surface area contributed by atoms with Gasteiger partial charge in [0.25, 0.3) is 0 Å². The summed E-state index contributed by atoms with van der Waals surface area (Å²) in [5.41, 5.74) is 0. The molecule has 3 N–H and O–H groups in total. The number of nitrogens with zero attached hydrogens (tertiary/aromatic N) is 1. The van der Waals surface area contributed by atoms with Crippen LogP contribution in [0.25, 0.3) is 0 Å². The smallest absolute Gasteiger partial charge is 0.318 e. The second-order valence-corrected chi connectivity index (χ2v) is 4.02. The largest absolute Gasteiger partial charge is 0.395 e. The van der Waals surface area contributed by atoms with Crippen molar-refractivity contribution >= 4 is 6.03 Å². The first-order chi connectivity index (χ1) is 7.22. The lowest BCUT2D eigenvalue weighted by atomic mass is 10.2. The van der Waals surface area contributed by atoms with E-state index < -0.39 is 12.3 Å². The summed E-state index contributed by atoms with van der Waals surface area (Å²) in [7, 11) is 0. The van der Waals surface area contributed by atoms with Crippen molar-refractivity contribution in [3.8, 4) is 0 Å². The molecule has 0 aromatic heterocycles. The van der Waals surface area contributed by atoms with Gasteiger partial charge in [-0.05, 0) is 12.8 Å². The zero-order valence-corrected chi connectivity index (χ0v) is 8.45. The molecule has 0 radical (unpaired) electrons.